The number of imidazole rings is 1. The Morgan fingerprint density at radius 3 is 2.45 bits per heavy atom. The van der Waals surface area contributed by atoms with Gasteiger partial charge >= 0.3 is 0 Å². The van der Waals surface area contributed by atoms with Crippen LogP contribution in [0.2, 0.25) is 0 Å². The predicted octanol–water partition coefficient (Wildman–Crippen LogP) is 1.62. The Hall–Kier alpha value is -2.83. The smallest absolute Gasteiger partial charge is 0.163 e. The van der Waals surface area contributed by atoms with Gasteiger partial charge in [-0.1, -0.05) is 0 Å². The van der Waals surface area contributed by atoms with E-state index >= 15 is 0 Å². The minimum absolute atomic E-state index is 0.325. The van der Waals surface area contributed by atoms with Gasteiger partial charge < -0.3 is 20.2 Å². The van der Waals surface area contributed by atoms with Crippen molar-refractivity contribution in [1.82, 2.24) is 19.9 Å². The van der Waals surface area contributed by atoms with Crippen LogP contribution in [0.1, 0.15) is 0 Å². The number of H-pyrrole nitrogens is 1. The fraction of sp³-hybridized carbons (Fsp3) is 0.154. The van der Waals surface area contributed by atoms with Crippen molar-refractivity contribution in [2.75, 3.05) is 20.0 Å². The Morgan fingerprint density at radius 1 is 1.05 bits per heavy atom. The zero-order valence-corrected chi connectivity index (χ0v) is 11.0. The average Bonchev–Trinajstić information content (AvgIpc) is 2.88. The van der Waals surface area contributed by atoms with Crippen molar-refractivity contribution in [3.05, 3.63) is 24.5 Å². The summed E-state index contributed by atoms with van der Waals surface area (Å²) >= 11 is 0. The molecular formula is C13H13N5O2. The van der Waals surface area contributed by atoms with Crippen molar-refractivity contribution in [3.63, 3.8) is 0 Å². The van der Waals surface area contributed by atoms with Gasteiger partial charge in [-0.05, 0) is 0 Å². The predicted molar refractivity (Wildman–Crippen MR) is 74.6 cm³/mol. The summed E-state index contributed by atoms with van der Waals surface area (Å²) in [6.45, 7) is 0. The van der Waals surface area contributed by atoms with Gasteiger partial charge in [-0.15, -0.1) is 0 Å². The Bertz CT molecular complexity index is 728. The summed E-state index contributed by atoms with van der Waals surface area (Å²) < 4.78 is 10.5. The maximum absolute atomic E-state index is 5.80. The highest BCUT2D eigenvalue weighted by Crippen LogP contribution is 2.32. The summed E-state index contributed by atoms with van der Waals surface area (Å²) in [6, 6.07) is 3.61. The molecule has 0 saturated carbocycles. The first-order valence-corrected chi connectivity index (χ1v) is 5.91. The summed E-state index contributed by atoms with van der Waals surface area (Å²) in [6.07, 6.45) is 3.10. The van der Waals surface area contributed by atoms with Crippen molar-refractivity contribution in [2.24, 2.45) is 0 Å². The topological polar surface area (TPSA) is 98.9 Å². The second-order valence-corrected chi connectivity index (χ2v) is 4.10. The normalized spacial score (nSPS) is 10.7. The van der Waals surface area contributed by atoms with E-state index in [9.17, 15) is 0 Å². The summed E-state index contributed by atoms with van der Waals surface area (Å²) in [5.41, 5.74) is 7.87. The summed E-state index contributed by atoms with van der Waals surface area (Å²) in [5, 5.41) is 0. The van der Waals surface area contributed by atoms with Crippen LogP contribution in [-0.2, 0) is 0 Å². The average molecular weight is 271 g/mol. The lowest BCUT2D eigenvalue weighted by atomic mass is 10.3. The number of hydrogen-bond acceptors (Lipinski definition) is 6. The highest BCUT2D eigenvalue weighted by molar-refractivity contribution is 5.83. The number of fused-ring (bicyclic) bond motifs is 1. The number of nitrogen functional groups attached to an aromatic ring is 1. The van der Waals surface area contributed by atoms with Gasteiger partial charge in [0, 0.05) is 24.5 Å². The number of ether oxygens (including phenoxy) is 2. The van der Waals surface area contributed by atoms with Gasteiger partial charge in [0.25, 0.3) is 0 Å². The molecule has 1 aromatic carbocycles. The molecule has 0 saturated heterocycles. The Kier molecular flexibility index (Phi) is 2.86. The lowest BCUT2D eigenvalue weighted by molar-refractivity contribution is 0.356. The first kappa shape index (κ1) is 12.2. The summed E-state index contributed by atoms with van der Waals surface area (Å²) in [4.78, 5) is 15.8. The van der Waals surface area contributed by atoms with E-state index in [1.165, 1.54) is 6.20 Å². The molecule has 20 heavy (non-hydrogen) atoms. The van der Waals surface area contributed by atoms with Crippen LogP contribution in [0.5, 0.6) is 11.5 Å². The number of hydrogen-bond donors (Lipinski definition) is 2. The Balaban J connectivity index is 2.18. The molecule has 102 valence electrons. The van der Waals surface area contributed by atoms with Crippen LogP contribution >= 0.6 is 0 Å². The molecule has 2 heterocycles. The van der Waals surface area contributed by atoms with Gasteiger partial charge in [-0.25, -0.2) is 15.0 Å². The Morgan fingerprint density at radius 2 is 1.75 bits per heavy atom. The quantitative estimate of drug-likeness (QED) is 0.751. The fourth-order valence-corrected chi connectivity index (χ4v) is 1.98. The molecule has 3 rings (SSSR count). The fourth-order valence-electron chi connectivity index (χ4n) is 1.98. The zero-order valence-electron chi connectivity index (χ0n) is 11.0. The van der Waals surface area contributed by atoms with Crippen molar-refractivity contribution in [1.29, 1.82) is 0 Å². The van der Waals surface area contributed by atoms with Gasteiger partial charge in [-0.2, -0.15) is 0 Å². The van der Waals surface area contributed by atoms with E-state index in [1.807, 2.05) is 6.07 Å². The van der Waals surface area contributed by atoms with Gasteiger partial charge in [0.15, 0.2) is 23.1 Å². The first-order valence-electron chi connectivity index (χ1n) is 5.91. The molecule has 0 amide bonds. The van der Waals surface area contributed by atoms with E-state index in [-0.39, 0.29) is 0 Å². The first-order chi connectivity index (χ1) is 9.72. The molecule has 0 radical (unpaired) electrons. The van der Waals surface area contributed by atoms with Crippen LogP contribution in [0.4, 0.5) is 5.82 Å². The SMILES string of the molecule is COc1cc2nc(-c3nccnc3N)[nH]c2cc1OC. The number of nitrogens with zero attached hydrogens (tertiary/aromatic N) is 3. The van der Waals surface area contributed by atoms with E-state index in [0.717, 1.165) is 11.0 Å². The maximum Gasteiger partial charge on any atom is 0.163 e. The highest BCUT2D eigenvalue weighted by atomic mass is 16.5. The molecule has 3 aromatic rings. The van der Waals surface area contributed by atoms with Crippen molar-refractivity contribution in [3.8, 4) is 23.0 Å². The molecule has 0 atom stereocenters. The van der Waals surface area contributed by atoms with Crippen LogP contribution < -0.4 is 15.2 Å². The van der Waals surface area contributed by atoms with Gasteiger partial charge in [0.1, 0.15) is 5.69 Å². The summed E-state index contributed by atoms with van der Waals surface area (Å²) in [7, 11) is 3.17. The largest absolute Gasteiger partial charge is 0.493 e. The van der Waals surface area contributed by atoms with E-state index < -0.39 is 0 Å². The van der Waals surface area contributed by atoms with E-state index in [1.54, 1.807) is 26.5 Å². The second-order valence-electron chi connectivity index (χ2n) is 4.10. The van der Waals surface area contributed by atoms with Crippen molar-refractivity contribution < 1.29 is 9.47 Å². The minimum atomic E-state index is 0.325. The number of anilines is 1. The molecule has 0 unspecified atom stereocenters. The van der Waals surface area contributed by atoms with Crippen LogP contribution in [0.15, 0.2) is 24.5 Å². The monoisotopic (exact) mass is 271 g/mol. The lowest BCUT2D eigenvalue weighted by Gasteiger charge is -2.06. The number of rotatable bonds is 3. The lowest BCUT2D eigenvalue weighted by Crippen LogP contribution is -1.96. The molecule has 7 heteroatoms. The molecule has 0 bridgehead atoms. The molecule has 0 aliphatic rings. The third kappa shape index (κ3) is 1.89. The second kappa shape index (κ2) is 4.69. The third-order valence-corrected chi connectivity index (χ3v) is 2.94. The molecule has 2 aromatic heterocycles. The molecule has 0 fully saturated rings. The standard InChI is InChI=1S/C13H13N5O2/c1-19-9-5-7-8(6-10(9)20-2)18-13(17-7)11-12(14)16-4-3-15-11/h3-6H,1-2H3,(H2,14,16)(H,17,18). The minimum Gasteiger partial charge on any atom is -0.493 e. The number of aromatic amines is 1. The van der Waals surface area contributed by atoms with E-state index in [2.05, 4.69) is 19.9 Å². The molecule has 7 nitrogen and oxygen atoms in total. The van der Waals surface area contributed by atoms with Crippen LogP contribution in [-0.4, -0.2) is 34.2 Å². The maximum atomic E-state index is 5.80. The Labute approximate surface area is 114 Å². The summed E-state index contributed by atoms with van der Waals surface area (Å²) in [5.74, 6) is 2.12. The van der Waals surface area contributed by atoms with E-state index in [4.69, 9.17) is 15.2 Å². The van der Waals surface area contributed by atoms with Gasteiger partial charge in [0.05, 0.1) is 25.3 Å². The van der Waals surface area contributed by atoms with Crippen molar-refractivity contribution in [2.45, 2.75) is 0 Å². The van der Waals surface area contributed by atoms with Gasteiger partial charge in [0.2, 0.25) is 0 Å². The molecular weight excluding hydrogens is 258 g/mol. The van der Waals surface area contributed by atoms with Crippen LogP contribution in [0.3, 0.4) is 0 Å². The molecule has 0 spiro atoms. The molecule has 3 N–H and O–H groups in total. The molecule has 0 aliphatic carbocycles. The third-order valence-electron chi connectivity index (χ3n) is 2.94. The molecule has 0 aliphatic heterocycles. The van der Waals surface area contributed by atoms with Crippen LogP contribution in [0, 0.1) is 0 Å². The van der Waals surface area contributed by atoms with E-state index in [0.29, 0.717) is 28.8 Å². The number of benzene rings is 1. The number of methoxy groups -OCH3 is 2. The highest BCUT2D eigenvalue weighted by Gasteiger charge is 2.13. The number of nitrogens with two attached hydrogens (primary N) is 1. The van der Waals surface area contributed by atoms with Crippen LogP contribution in [0.25, 0.3) is 22.6 Å². The van der Waals surface area contributed by atoms with Crippen molar-refractivity contribution >= 4 is 16.9 Å². The number of aromatic nitrogens is 4. The number of nitrogens with one attached hydrogen (secondary N) is 1. The zero-order chi connectivity index (χ0) is 14.1. The van der Waals surface area contributed by atoms with Gasteiger partial charge in [-0.3, -0.25) is 0 Å².